The van der Waals surface area contributed by atoms with Gasteiger partial charge < -0.3 is 23.5 Å². The number of benzene rings is 2. The highest BCUT2D eigenvalue weighted by Crippen LogP contribution is 2.67. The Morgan fingerprint density at radius 3 is 2.67 bits per heavy atom. The van der Waals surface area contributed by atoms with E-state index in [2.05, 4.69) is 53.2 Å². The van der Waals surface area contributed by atoms with Gasteiger partial charge in [-0.25, -0.2) is 4.98 Å². The van der Waals surface area contributed by atoms with Crippen LogP contribution in [0.3, 0.4) is 0 Å². The number of piperidine rings is 1. The molecule has 2 unspecified atom stereocenters. The van der Waals surface area contributed by atoms with E-state index in [4.69, 9.17) is 18.9 Å². The second-order valence-electron chi connectivity index (χ2n) is 13.0. The Labute approximate surface area is 236 Å². The van der Waals surface area contributed by atoms with Crippen molar-refractivity contribution < 1.29 is 18.9 Å². The first-order valence-corrected chi connectivity index (χ1v) is 14.9. The Kier molecular flexibility index (Phi) is 5.56. The van der Waals surface area contributed by atoms with Crippen LogP contribution in [0.5, 0.6) is 17.2 Å². The number of ether oxygens (including phenoxy) is 4. The molecule has 5 aliphatic rings. The Hall–Kier alpha value is -3.03. The molecule has 210 valence electrons. The molecule has 7 nitrogen and oxygen atoms in total. The van der Waals surface area contributed by atoms with E-state index in [1.165, 1.54) is 30.5 Å². The molecule has 2 saturated carbocycles. The van der Waals surface area contributed by atoms with Crippen LogP contribution in [0.2, 0.25) is 0 Å². The Bertz CT molecular complexity index is 1400. The monoisotopic (exact) mass is 541 g/mol. The number of rotatable bonds is 8. The molecule has 0 N–H and O–H groups in total. The maximum Gasteiger partial charge on any atom is 0.165 e. The standard InChI is InChI=1S/C33H39N3O4/c1-32(19-39-24-9-7-23(8-10-24)36-15-13-34-20-36)17-25-26-16-22-6-11-27(37-2)29-28(22)33(25,31(40-29)30(32)38-3)12-14-35(26)18-21-4-5-21/h6-11,13,15,20-21,25-26,30-31H,4-5,12,14,16-19H2,1-3H3/t25?,26-,30?,31+,32+,33+/m1/s1. The molecule has 0 radical (unpaired) electrons. The van der Waals surface area contributed by atoms with Crippen LogP contribution in [0, 0.1) is 17.3 Å². The number of imidazole rings is 1. The third-order valence-electron chi connectivity index (χ3n) is 10.8. The summed E-state index contributed by atoms with van der Waals surface area (Å²) in [5, 5.41) is 0. The second-order valence-corrected chi connectivity index (χ2v) is 13.0. The number of aromatic nitrogens is 2. The molecule has 3 fully saturated rings. The van der Waals surface area contributed by atoms with Gasteiger partial charge in [0, 0.05) is 54.2 Å². The van der Waals surface area contributed by atoms with Crippen molar-refractivity contribution in [3.8, 4) is 22.9 Å². The summed E-state index contributed by atoms with van der Waals surface area (Å²) in [5.41, 5.74) is 3.70. The maximum absolute atomic E-state index is 7.00. The smallest absolute Gasteiger partial charge is 0.165 e. The number of likely N-dealkylation sites (tertiary alicyclic amines) is 1. The van der Waals surface area contributed by atoms with Gasteiger partial charge in [-0.1, -0.05) is 13.0 Å². The molecule has 1 saturated heterocycles. The molecular formula is C33H39N3O4. The molecule has 2 aliphatic heterocycles. The van der Waals surface area contributed by atoms with Gasteiger partial charge >= 0.3 is 0 Å². The molecule has 2 aromatic carbocycles. The fourth-order valence-electron chi connectivity index (χ4n) is 8.79. The van der Waals surface area contributed by atoms with Crippen molar-refractivity contribution in [2.75, 3.05) is 33.9 Å². The zero-order chi connectivity index (χ0) is 27.1. The highest BCUT2D eigenvalue weighted by atomic mass is 16.6. The predicted octanol–water partition coefficient (Wildman–Crippen LogP) is 5.04. The van der Waals surface area contributed by atoms with Crippen molar-refractivity contribution in [3.63, 3.8) is 0 Å². The van der Waals surface area contributed by atoms with Gasteiger partial charge in [-0.15, -0.1) is 0 Å². The van der Waals surface area contributed by atoms with Gasteiger partial charge in [-0.2, -0.15) is 0 Å². The van der Waals surface area contributed by atoms with Crippen LogP contribution < -0.4 is 14.2 Å². The Morgan fingerprint density at radius 2 is 1.95 bits per heavy atom. The molecule has 6 atom stereocenters. The zero-order valence-electron chi connectivity index (χ0n) is 23.7. The molecule has 40 heavy (non-hydrogen) atoms. The lowest BCUT2D eigenvalue weighted by Gasteiger charge is -2.63. The molecule has 8 rings (SSSR count). The number of hydrogen-bond donors (Lipinski definition) is 0. The van der Waals surface area contributed by atoms with E-state index >= 15 is 0 Å². The topological polar surface area (TPSA) is 58.0 Å². The number of nitrogens with zero attached hydrogens (tertiary/aromatic N) is 3. The van der Waals surface area contributed by atoms with E-state index in [9.17, 15) is 0 Å². The first kappa shape index (κ1) is 24.7. The van der Waals surface area contributed by atoms with Crippen molar-refractivity contribution in [2.24, 2.45) is 17.3 Å². The minimum atomic E-state index is -0.204. The van der Waals surface area contributed by atoms with Gasteiger partial charge in [0.25, 0.3) is 0 Å². The SMILES string of the molecule is COc1ccc2c3c1O[C@H]1C(OC)[C@](C)(COc4ccc(-n5ccnc5)cc4)CC4[C@@H](C2)N(CC2CC2)CC[C@@]341. The lowest BCUT2D eigenvalue weighted by Crippen LogP contribution is -2.71. The lowest BCUT2D eigenvalue weighted by molar-refractivity contribution is -0.180. The van der Waals surface area contributed by atoms with E-state index in [-0.39, 0.29) is 23.0 Å². The minimum Gasteiger partial charge on any atom is -0.493 e. The third-order valence-corrected chi connectivity index (χ3v) is 10.8. The van der Waals surface area contributed by atoms with Gasteiger partial charge in [0.05, 0.1) is 20.0 Å². The molecule has 1 spiro atoms. The van der Waals surface area contributed by atoms with Crippen molar-refractivity contribution >= 4 is 0 Å². The summed E-state index contributed by atoms with van der Waals surface area (Å²) in [5.74, 6) is 4.07. The first-order chi connectivity index (χ1) is 19.5. The van der Waals surface area contributed by atoms with Gasteiger partial charge in [0.2, 0.25) is 0 Å². The van der Waals surface area contributed by atoms with Crippen LogP contribution in [-0.2, 0) is 16.6 Å². The van der Waals surface area contributed by atoms with Crippen LogP contribution in [0.15, 0.2) is 55.1 Å². The van der Waals surface area contributed by atoms with Gasteiger partial charge in [-0.3, -0.25) is 4.90 Å². The summed E-state index contributed by atoms with van der Waals surface area (Å²) in [6.45, 7) is 5.32. The fourth-order valence-corrected chi connectivity index (χ4v) is 8.79. The molecule has 3 aliphatic carbocycles. The second kappa shape index (κ2) is 8.98. The van der Waals surface area contributed by atoms with E-state index in [1.807, 2.05) is 24.2 Å². The molecule has 3 heterocycles. The molecule has 7 heteroatoms. The Morgan fingerprint density at radius 1 is 1.10 bits per heavy atom. The first-order valence-electron chi connectivity index (χ1n) is 14.9. The van der Waals surface area contributed by atoms with Crippen LogP contribution in [0.1, 0.15) is 43.7 Å². The Balaban J connectivity index is 1.14. The van der Waals surface area contributed by atoms with E-state index in [1.54, 1.807) is 13.3 Å². The fraction of sp³-hybridized carbons (Fsp3) is 0.545. The average molecular weight is 542 g/mol. The molecule has 3 aromatic rings. The molecular weight excluding hydrogens is 502 g/mol. The van der Waals surface area contributed by atoms with Crippen molar-refractivity contribution in [2.45, 2.75) is 62.7 Å². The normalized spacial score (nSPS) is 33.8. The lowest BCUT2D eigenvalue weighted by atomic mass is 9.47. The quantitative estimate of drug-likeness (QED) is 0.398. The largest absolute Gasteiger partial charge is 0.493 e. The highest BCUT2D eigenvalue weighted by molar-refractivity contribution is 5.61. The van der Waals surface area contributed by atoms with Crippen LogP contribution in [-0.4, -0.2) is 66.6 Å². The number of hydrogen-bond acceptors (Lipinski definition) is 6. The van der Waals surface area contributed by atoms with Crippen LogP contribution >= 0.6 is 0 Å². The summed E-state index contributed by atoms with van der Waals surface area (Å²) in [4.78, 5) is 6.99. The third kappa shape index (κ3) is 3.53. The number of methoxy groups -OCH3 is 2. The predicted molar refractivity (Wildman–Crippen MR) is 152 cm³/mol. The zero-order valence-corrected chi connectivity index (χ0v) is 23.7. The van der Waals surface area contributed by atoms with E-state index < -0.39 is 0 Å². The molecule has 0 amide bonds. The van der Waals surface area contributed by atoms with Crippen LogP contribution in [0.25, 0.3) is 5.69 Å². The van der Waals surface area contributed by atoms with Gasteiger partial charge in [0.15, 0.2) is 11.5 Å². The molecule has 2 bridgehead atoms. The summed E-state index contributed by atoms with van der Waals surface area (Å²) < 4.78 is 27.8. The van der Waals surface area contributed by atoms with Gasteiger partial charge in [-0.05, 0) is 86.4 Å². The summed E-state index contributed by atoms with van der Waals surface area (Å²) in [6, 6.07) is 13.2. The average Bonchev–Trinajstić information content (AvgIpc) is 3.48. The van der Waals surface area contributed by atoms with E-state index in [0.29, 0.717) is 18.6 Å². The highest BCUT2D eigenvalue weighted by Gasteiger charge is 2.70. The van der Waals surface area contributed by atoms with Gasteiger partial charge in [0.1, 0.15) is 18.0 Å². The minimum absolute atomic E-state index is 0.0329. The van der Waals surface area contributed by atoms with E-state index in [0.717, 1.165) is 54.7 Å². The van der Waals surface area contributed by atoms with Crippen molar-refractivity contribution in [1.29, 1.82) is 0 Å². The maximum atomic E-state index is 7.00. The van der Waals surface area contributed by atoms with Crippen LogP contribution in [0.4, 0.5) is 0 Å². The van der Waals surface area contributed by atoms with Crippen molar-refractivity contribution in [3.05, 3.63) is 66.2 Å². The van der Waals surface area contributed by atoms with Crippen molar-refractivity contribution in [1.82, 2.24) is 14.5 Å². The summed E-state index contributed by atoms with van der Waals surface area (Å²) in [7, 11) is 3.61. The summed E-state index contributed by atoms with van der Waals surface area (Å²) in [6.07, 6.45) is 11.4. The summed E-state index contributed by atoms with van der Waals surface area (Å²) >= 11 is 0. The molecule has 1 aromatic heterocycles.